The summed E-state index contributed by atoms with van der Waals surface area (Å²) in [7, 11) is 0. The summed E-state index contributed by atoms with van der Waals surface area (Å²) >= 11 is 0. The second-order valence-corrected chi connectivity index (χ2v) is 4.69. The van der Waals surface area contributed by atoms with Gasteiger partial charge in [0.05, 0.1) is 6.10 Å². The van der Waals surface area contributed by atoms with E-state index < -0.39 is 0 Å². The van der Waals surface area contributed by atoms with Crippen molar-refractivity contribution in [2.45, 2.75) is 84.2 Å². The van der Waals surface area contributed by atoms with Crippen molar-refractivity contribution in [3.8, 4) is 0 Å². The molecule has 0 aromatic heterocycles. The number of hydrogen-bond donors (Lipinski definition) is 1. The van der Waals surface area contributed by atoms with Crippen molar-refractivity contribution in [2.75, 3.05) is 0 Å². The fraction of sp³-hybridized carbons (Fsp3) is 0.867. The van der Waals surface area contributed by atoms with Crippen LogP contribution in [-0.4, -0.2) is 11.2 Å². The molecule has 0 aromatic carbocycles. The lowest BCUT2D eigenvalue weighted by Gasteiger charge is -2.05. The normalized spacial score (nSPS) is 13.4. The SMILES string of the molecule is CCCC/C=C/C(O)CCCCCCCC. The second-order valence-electron chi connectivity index (χ2n) is 4.69. The lowest BCUT2D eigenvalue weighted by Crippen LogP contribution is -2.01. The highest BCUT2D eigenvalue weighted by molar-refractivity contribution is 4.88. The highest BCUT2D eigenvalue weighted by atomic mass is 16.3. The lowest BCUT2D eigenvalue weighted by molar-refractivity contribution is 0.207. The van der Waals surface area contributed by atoms with E-state index in [1.54, 1.807) is 0 Å². The number of unbranched alkanes of at least 4 members (excludes halogenated alkanes) is 7. The van der Waals surface area contributed by atoms with Gasteiger partial charge >= 0.3 is 0 Å². The van der Waals surface area contributed by atoms with Gasteiger partial charge in [0.25, 0.3) is 0 Å². The van der Waals surface area contributed by atoms with E-state index in [9.17, 15) is 5.11 Å². The molecule has 0 rings (SSSR count). The van der Waals surface area contributed by atoms with Gasteiger partial charge in [-0.2, -0.15) is 0 Å². The number of rotatable bonds is 11. The number of aliphatic hydroxyl groups excluding tert-OH is 1. The van der Waals surface area contributed by atoms with E-state index in [2.05, 4.69) is 19.9 Å². The maximum atomic E-state index is 9.66. The van der Waals surface area contributed by atoms with Gasteiger partial charge in [-0.25, -0.2) is 0 Å². The van der Waals surface area contributed by atoms with Crippen LogP contribution in [0.15, 0.2) is 12.2 Å². The third-order valence-corrected chi connectivity index (χ3v) is 2.94. The highest BCUT2D eigenvalue weighted by Crippen LogP contribution is 2.09. The minimum Gasteiger partial charge on any atom is -0.389 e. The maximum absolute atomic E-state index is 9.66. The molecule has 1 unspecified atom stereocenters. The summed E-state index contributed by atoms with van der Waals surface area (Å²) in [6.07, 6.45) is 16.2. The van der Waals surface area contributed by atoms with Crippen LogP contribution in [0.4, 0.5) is 0 Å². The van der Waals surface area contributed by atoms with E-state index in [1.165, 1.54) is 51.4 Å². The van der Waals surface area contributed by atoms with E-state index in [0.717, 1.165) is 12.8 Å². The Morgan fingerprint density at radius 2 is 1.50 bits per heavy atom. The van der Waals surface area contributed by atoms with Gasteiger partial charge in [0.1, 0.15) is 0 Å². The summed E-state index contributed by atoms with van der Waals surface area (Å²) in [5, 5.41) is 9.66. The molecule has 0 aromatic rings. The third kappa shape index (κ3) is 11.8. The predicted octanol–water partition coefficient (Wildman–Crippen LogP) is 4.84. The Balaban J connectivity index is 3.22. The van der Waals surface area contributed by atoms with Gasteiger partial charge in [-0.3, -0.25) is 0 Å². The summed E-state index contributed by atoms with van der Waals surface area (Å²) in [4.78, 5) is 0. The topological polar surface area (TPSA) is 20.2 Å². The highest BCUT2D eigenvalue weighted by Gasteiger charge is 1.98. The molecule has 0 aliphatic heterocycles. The molecule has 0 aliphatic carbocycles. The van der Waals surface area contributed by atoms with Gasteiger partial charge in [0.2, 0.25) is 0 Å². The minimum atomic E-state index is -0.206. The van der Waals surface area contributed by atoms with Crippen molar-refractivity contribution in [1.82, 2.24) is 0 Å². The van der Waals surface area contributed by atoms with E-state index in [1.807, 2.05) is 6.08 Å². The molecule has 0 amide bonds. The summed E-state index contributed by atoms with van der Waals surface area (Å²) < 4.78 is 0. The lowest BCUT2D eigenvalue weighted by atomic mass is 10.1. The Morgan fingerprint density at radius 3 is 2.19 bits per heavy atom. The standard InChI is InChI=1S/C15H30O/c1-3-5-7-9-10-12-14-15(16)13-11-8-6-4-2/h11,13,15-16H,3-10,12,14H2,1-2H3/b13-11+. The zero-order valence-corrected chi connectivity index (χ0v) is 11.3. The first-order chi connectivity index (χ1) is 7.81. The van der Waals surface area contributed by atoms with Crippen LogP contribution >= 0.6 is 0 Å². The summed E-state index contributed by atoms with van der Waals surface area (Å²) in [5.41, 5.74) is 0. The zero-order chi connectivity index (χ0) is 12.1. The summed E-state index contributed by atoms with van der Waals surface area (Å²) in [5.74, 6) is 0. The van der Waals surface area contributed by atoms with Gasteiger partial charge in [-0.15, -0.1) is 0 Å². The minimum absolute atomic E-state index is 0.206. The Bertz CT molecular complexity index is 152. The van der Waals surface area contributed by atoms with Crippen molar-refractivity contribution >= 4 is 0 Å². The first kappa shape index (κ1) is 15.7. The van der Waals surface area contributed by atoms with Crippen molar-refractivity contribution < 1.29 is 5.11 Å². The monoisotopic (exact) mass is 226 g/mol. The molecule has 16 heavy (non-hydrogen) atoms. The van der Waals surface area contributed by atoms with Gasteiger partial charge in [-0.05, 0) is 12.8 Å². The molecular formula is C15H30O. The fourth-order valence-corrected chi connectivity index (χ4v) is 1.81. The van der Waals surface area contributed by atoms with Crippen molar-refractivity contribution in [2.24, 2.45) is 0 Å². The van der Waals surface area contributed by atoms with Crippen molar-refractivity contribution in [3.63, 3.8) is 0 Å². The number of hydrogen-bond acceptors (Lipinski definition) is 1. The van der Waals surface area contributed by atoms with Crippen LogP contribution in [0, 0.1) is 0 Å². The molecule has 0 heterocycles. The molecule has 0 bridgehead atoms. The van der Waals surface area contributed by atoms with E-state index in [0.29, 0.717) is 0 Å². The van der Waals surface area contributed by atoms with Crippen molar-refractivity contribution in [1.29, 1.82) is 0 Å². The number of allylic oxidation sites excluding steroid dienone is 1. The van der Waals surface area contributed by atoms with E-state index >= 15 is 0 Å². The molecule has 0 fully saturated rings. The van der Waals surface area contributed by atoms with Crippen LogP contribution in [-0.2, 0) is 0 Å². The van der Waals surface area contributed by atoms with Crippen LogP contribution in [0.1, 0.15) is 78.1 Å². The summed E-state index contributed by atoms with van der Waals surface area (Å²) in [6, 6.07) is 0. The molecule has 1 nitrogen and oxygen atoms in total. The smallest absolute Gasteiger partial charge is 0.0720 e. The first-order valence-corrected chi connectivity index (χ1v) is 7.16. The Morgan fingerprint density at radius 1 is 0.875 bits per heavy atom. The van der Waals surface area contributed by atoms with Crippen LogP contribution in [0.3, 0.4) is 0 Å². The molecule has 0 radical (unpaired) electrons. The average molecular weight is 226 g/mol. The molecule has 1 N–H and O–H groups in total. The van der Waals surface area contributed by atoms with Crippen LogP contribution in [0.2, 0.25) is 0 Å². The van der Waals surface area contributed by atoms with Gasteiger partial charge in [0.15, 0.2) is 0 Å². The van der Waals surface area contributed by atoms with Crippen molar-refractivity contribution in [3.05, 3.63) is 12.2 Å². The molecule has 1 atom stereocenters. The van der Waals surface area contributed by atoms with Gasteiger partial charge in [-0.1, -0.05) is 77.4 Å². The van der Waals surface area contributed by atoms with Crippen LogP contribution < -0.4 is 0 Å². The quantitative estimate of drug-likeness (QED) is 0.394. The fourth-order valence-electron chi connectivity index (χ4n) is 1.81. The summed E-state index contributed by atoms with van der Waals surface area (Å²) in [6.45, 7) is 4.44. The largest absolute Gasteiger partial charge is 0.389 e. The molecule has 1 heteroatoms. The maximum Gasteiger partial charge on any atom is 0.0720 e. The zero-order valence-electron chi connectivity index (χ0n) is 11.3. The molecular weight excluding hydrogens is 196 g/mol. The second kappa shape index (κ2) is 12.8. The predicted molar refractivity (Wildman–Crippen MR) is 72.7 cm³/mol. The van der Waals surface area contributed by atoms with E-state index in [-0.39, 0.29) is 6.10 Å². The Labute approximate surface area is 102 Å². The van der Waals surface area contributed by atoms with Crippen LogP contribution in [0.5, 0.6) is 0 Å². The van der Waals surface area contributed by atoms with Gasteiger partial charge in [0, 0.05) is 0 Å². The molecule has 96 valence electrons. The van der Waals surface area contributed by atoms with E-state index in [4.69, 9.17) is 0 Å². The Kier molecular flexibility index (Phi) is 12.5. The number of aliphatic hydroxyl groups is 1. The molecule has 0 spiro atoms. The molecule has 0 saturated carbocycles. The Hall–Kier alpha value is -0.300. The first-order valence-electron chi connectivity index (χ1n) is 7.16. The molecule has 0 aliphatic rings. The average Bonchev–Trinajstić information content (AvgIpc) is 2.29. The van der Waals surface area contributed by atoms with Gasteiger partial charge < -0.3 is 5.11 Å². The third-order valence-electron chi connectivity index (χ3n) is 2.94. The molecule has 0 saturated heterocycles. The van der Waals surface area contributed by atoms with Crippen LogP contribution in [0.25, 0.3) is 0 Å².